The number of nitrogens with one attached hydrogen (secondary N) is 2. The zero-order chi connectivity index (χ0) is 19.3. The van der Waals surface area contributed by atoms with E-state index in [1.54, 1.807) is 12.1 Å². The number of hydrogen-bond donors (Lipinski definition) is 3. The van der Waals surface area contributed by atoms with E-state index in [0.29, 0.717) is 17.1 Å². The monoisotopic (exact) mass is 382 g/mol. The van der Waals surface area contributed by atoms with Crippen LogP contribution >= 0.6 is 11.6 Å². The topological polar surface area (TPSA) is 84.9 Å². The summed E-state index contributed by atoms with van der Waals surface area (Å²) in [6, 6.07) is 3.87. The van der Waals surface area contributed by atoms with Crippen molar-refractivity contribution in [1.82, 2.24) is 10.2 Å². The van der Waals surface area contributed by atoms with Crippen LogP contribution in [-0.2, 0) is 4.79 Å². The molecule has 3 N–H and O–H groups in total. The van der Waals surface area contributed by atoms with E-state index in [-0.39, 0.29) is 5.92 Å². The number of aliphatic carboxylic acids is 1. The number of halogens is 1. The molecule has 1 atom stereocenters. The number of urea groups is 1. The van der Waals surface area contributed by atoms with E-state index < -0.39 is 18.0 Å². The summed E-state index contributed by atoms with van der Waals surface area (Å²) in [7, 11) is 2.09. The summed E-state index contributed by atoms with van der Waals surface area (Å²) in [5.74, 6) is -0.883. The molecule has 0 saturated carbocycles. The molecule has 2 rings (SSSR count). The quantitative estimate of drug-likeness (QED) is 0.704. The molecule has 1 aliphatic rings. The first-order valence-electron chi connectivity index (χ1n) is 8.79. The van der Waals surface area contributed by atoms with Crippen LogP contribution in [0.5, 0.6) is 0 Å². The van der Waals surface area contributed by atoms with Gasteiger partial charge in [-0.05, 0) is 37.6 Å². The first-order valence-corrected chi connectivity index (χ1v) is 9.17. The summed E-state index contributed by atoms with van der Waals surface area (Å²) in [6.45, 7) is 7.58. The largest absolute Gasteiger partial charge is 0.480 e. The minimum atomic E-state index is -1.04. The molecule has 144 valence electrons. The van der Waals surface area contributed by atoms with Gasteiger partial charge in [-0.15, -0.1) is 0 Å². The molecule has 1 aromatic rings. The van der Waals surface area contributed by atoms with Crippen molar-refractivity contribution in [2.24, 2.45) is 5.92 Å². The van der Waals surface area contributed by atoms with Gasteiger partial charge in [0, 0.05) is 31.9 Å². The molecule has 1 unspecified atom stereocenters. The van der Waals surface area contributed by atoms with Crippen molar-refractivity contribution in [3.63, 3.8) is 0 Å². The van der Waals surface area contributed by atoms with E-state index in [4.69, 9.17) is 11.6 Å². The second-order valence-electron chi connectivity index (χ2n) is 7.08. The molecule has 7 nitrogen and oxygen atoms in total. The maximum Gasteiger partial charge on any atom is 0.326 e. The highest BCUT2D eigenvalue weighted by Crippen LogP contribution is 2.29. The molecule has 0 radical (unpaired) electrons. The van der Waals surface area contributed by atoms with Gasteiger partial charge in [-0.3, -0.25) is 0 Å². The van der Waals surface area contributed by atoms with Gasteiger partial charge in [-0.25, -0.2) is 9.59 Å². The Hall–Kier alpha value is -1.99. The Morgan fingerprint density at radius 2 is 1.88 bits per heavy atom. The third kappa shape index (κ3) is 5.78. The molecule has 1 saturated heterocycles. The summed E-state index contributed by atoms with van der Waals surface area (Å²) in [4.78, 5) is 27.8. The number of benzene rings is 1. The number of carboxylic acid groups (broad SMARTS) is 1. The van der Waals surface area contributed by atoms with Crippen molar-refractivity contribution in [2.75, 3.05) is 43.4 Å². The van der Waals surface area contributed by atoms with Crippen LogP contribution in [0.15, 0.2) is 18.2 Å². The van der Waals surface area contributed by atoms with E-state index in [1.165, 1.54) is 0 Å². The summed E-state index contributed by atoms with van der Waals surface area (Å²) >= 11 is 6.39. The lowest BCUT2D eigenvalue weighted by molar-refractivity contribution is -0.139. The third-order valence-corrected chi connectivity index (χ3v) is 4.66. The predicted octanol–water partition coefficient (Wildman–Crippen LogP) is 2.71. The van der Waals surface area contributed by atoms with Gasteiger partial charge in [0.05, 0.1) is 10.7 Å². The first kappa shape index (κ1) is 20.3. The lowest BCUT2D eigenvalue weighted by atomic mass is 10.0. The molecule has 2 amide bonds. The molecule has 1 fully saturated rings. The van der Waals surface area contributed by atoms with Gasteiger partial charge in [0.25, 0.3) is 0 Å². The number of hydrogen-bond acceptors (Lipinski definition) is 4. The van der Waals surface area contributed by atoms with Crippen molar-refractivity contribution in [3.05, 3.63) is 23.2 Å². The number of likely N-dealkylation sites (N-methyl/N-ethyl adjacent to an activating group) is 1. The molecule has 0 bridgehead atoms. The van der Waals surface area contributed by atoms with Gasteiger partial charge < -0.3 is 25.5 Å². The molecule has 1 heterocycles. The summed E-state index contributed by atoms with van der Waals surface area (Å²) in [5, 5.41) is 14.9. The highest BCUT2D eigenvalue weighted by molar-refractivity contribution is 6.33. The molecule has 8 heteroatoms. The highest BCUT2D eigenvalue weighted by atomic mass is 35.5. The van der Waals surface area contributed by atoms with Gasteiger partial charge in [0.15, 0.2) is 0 Å². The first-order chi connectivity index (χ1) is 12.3. The number of carboxylic acids is 1. The van der Waals surface area contributed by atoms with Crippen LogP contribution in [0.1, 0.15) is 20.3 Å². The SMILES string of the molecule is CC(C)CC(NC(=O)Nc1ccc(N2CCN(C)CC2)c(Cl)c1)C(=O)O. The normalized spacial score (nSPS) is 16.4. The predicted molar refractivity (Wildman–Crippen MR) is 104 cm³/mol. The third-order valence-electron chi connectivity index (χ3n) is 4.36. The molecular formula is C18H27ClN4O3. The molecule has 0 aliphatic carbocycles. The molecule has 1 aromatic carbocycles. The number of carbonyl (C=O) groups is 2. The number of amides is 2. The Balaban J connectivity index is 1.98. The summed E-state index contributed by atoms with van der Waals surface area (Å²) in [6.07, 6.45) is 0.367. The Morgan fingerprint density at radius 1 is 1.23 bits per heavy atom. The standard InChI is InChI=1S/C18H27ClN4O3/c1-12(2)10-15(17(24)25)21-18(26)20-13-4-5-16(14(19)11-13)23-8-6-22(3)7-9-23/h4-5,11-12,15H,6-10H2,1-3H3,(H,24,25)(H2,20,21,26). The van der Waals surface area contributed by atoms with E-state index in [0.717, 1.165) is 31.9 Å². The van der Waals surface area contributed by atoms with Crippen LogP contribution in [0, 0.1) is 5.92 Å². The lowest BCUT2D eigenvalue weighted by Gasteiger charge is -2.34. The van der Waals surface area contributed by atoms with Crippen LogP contribution in [0.3, 0.4) is 0 Å². The van der Waals surface area contributed by atoms with E-state index in [2.05, 4.69) is 27.5 Å². The molecule has 0 spiro atoms. The van der Waals surface area contributed by atoms with E-state index in [9.17, 15) is 14.7 Å². The number of carbonyl (C=O) groups excluding carboxylic acids is 1. The fraction of sp³-hybridized carbons (Fsp3) is 0.556. The Bertz CT molecular complexity index is 645. The fourth-order valence-electron chi connectivity index (χ4n) is 2.91. The summed E-state index contributed by atoms with van der Waals surface area (Å²) < 4.78 is 0. The van der Waals surface area contributed by atoms with E-state index >= 15 is 0 Å². The summed E-state index contributed by atoms with van der Waals surface area (Å²) in [5.41, 5.74) is 1.47. The second kappa shape index (κ2) is 9.09. The van der Waals surface area contributed by atoms with Crippen LogP contribution in [0.25, 0.3) is 0 Å². The molecule has 1 aliphatic heterocycles. The maximum atomic E-state index is 12.1. The average molecular weight is 383 g/mol. The zero-order valence-corrected chi connectivity index (χ0v) is 16.2. The minimum absolute atomic E-state index is 0.161. The minimum Gasteiger partial charge on any atom is -0.480 e. The van der Waals surface area contributed by atoms with Crippen molar-refractivity contribution < 1.29 is 14.7 Å². The van der Waals surface area contributed by atoms with Crippen molar-refractivity contribution in [3.8, 4) is 0 Å². The zero-order valence-electron chi connectivity index (χ0n) is 15.5. The van der Waals surface area contributed by atoms with Crippen LogP contribution in [0.2, 0.25) is 5.02 Å². The Morgan fingerprint density at radius 3 is 2.42 bits per heavy atom. The lowest BCUT2D eigenvalue weighted by Crippen LogP contribution is -2.44. The smallest absolute Gasteiger partial charge is 0.326 e. The molecular weight excluding hydrogens is 356 g/mol. The van der Waals surface area contributed by atoms with Crippen LogP contribution in [-0.4, -0.2) is 61.3 Å². The average Bonchev–Trinajstić information content (AvgIpc) is 2.55. The van der Waals surface area contributed by atoms with Gasteiger partial charge in [-0.1, -0.05) is 25.4 Å². The fourth-order valence-corrected chi connectivity index (χ4v) is 3.21. The van der Waals surface area contributed by atoms with Crippen molar-refractivity contribution in [1.29, 1.82) is 0 Å². The molecule has 26 heavy (non-hydrogen) atoms. The van der Waals surface area contributed by atoms with Gasteiger partial charge >= 0.3 is 12.0 Å². The Labute approximate surface area is 159 Å². The van der Waals surface area contributed by atoms with Crippen LogP contribution < -0.4 is 15.5 Å². The van der Waals surface area contributed by atoms with Crippen molar-refractivity contribution >= 4 is 35.0 Å². The number of rotatable bonds is 6. The van der Waals surface area contributed by atoms with Gasteiger partial charge in [-0.2, -0.15) is 0 Å². The van der Waals surface area contributed by atoms with Crippen molar-refractivity contribution in [2.45, 2.75) is 26.3 Å². The number of piperazine rings is 1. The second-order valence-corrected chi connectivity index (χ2v) is 7.48. The van der Waals surface area contributed by atoms with Gasteiger partial charge in [0.2, 0.25) is 0 Å². The van der Waals surface area contributed by atoms with Gasteiger partial charge in [0.1, 0.15) is 6.04 Å². The maximum absolute atomic E-state index is 12.1. The number of anilines is 2. The number of nitrogens with zero attached hydrogens (tertiary/aromatic N) is 2. The molecule has 0 aromatic heterocycles. The Kier molecular flexibility index (Phi) is 7.11. The van der Waals surface area contributed by atoms with E-state index in [1.807, 2.05) is 19.9 Å². The van der Waals surface area contributed by atoms with Crippen LogP contribution in [0.4, 0.5) is 16.2 Å². The highest BCUT2D eigenvalue weighted by Gasteiger charge is 2.21.